The highest BCUT2D eigenvalue weighted by atomic mass is 36.0. The minimum absolute atomic E-state index is 0.667. The van der Waals surface area contributed by atoms with Crippen LogP contribution in [-0.4, -0.2) is 8.42 Å². The maximum Gasteiger partial charge on any atom is 0.317 e. The van der Waals surface area contributed by atoms with Crippen LogP contribution >= 0.6 is 21.4 Å². The Labute approximate surface area is 83.5 Å². The van der Waals surface area contributed by atoms with Crippen molar-refractivity contribution in [3.8, 4) is 0 Å². The normalized spacial score (nSPS) is 13.2. The lowest BCUT2D eigenvalue weighted by Crippen LogP contribution is -1.97. The van der Waals surface area contributed by atoms with Gasteiger partial charge in [-0.05, 0) is 11.8 Å². The average molecular weight is 233 g/mol. The SMILES string of the molecule is C=CC(C)C(C)C.O=S(=O)(Cl)Cl. The van der Waals surface area contributed by atoms with Crippen molar-refractivity contribution in [2.24, 2.45) is 11.8 Å². The molecule has 0 aliphatic carbocycles. The molecule has 1 unspecified atom stereocenters. The third kappa shape index (κ3) is 22.4. The van der Waals surface area contributed by atoms with Crippen molar-refractivity contribution in [1.29, 1.82) is 0 Å². The molecule has 0 aliphatic rings. The Morgan fingerprint density at radius 2 is 1.50 bits per heavy atom. The van der Waals surface area contributed by atoms with Crippen LogP contribution in [0.4, 0.5) is 0 Å². The quantitative estimate of drug-likeness (QED) is 0.542. The third-order valence-corrected chi connectivity index (χ3v) is 1.42. The number of hydrogen-bond acceptors (Lipinski definition) is 2. The Morgan fingerprint density at radius 3 is 1.50 bits per heavy atom. The summed E-state index contributed by atoms with van der Waals surface area (Å²) in [4.78, 5) is 0. The van der Waals surface area contributed by atoms with Crippen LogP contribution in [0.3, 0.4) is 0 Å². The standard InChI is InChI=1S/C7H14.Cl2O2S/c1-5-7(4)6(2)3;1-5(2,3)4/h5-7H,1H2,2-4H3;. The van der Waals surface area contributed by atoms with Gasteiger partial charge in [0.05, 0.1) is 0 Å². The van der Waals surface area contributed by atoms with Gasteiger partial charge in [-0.1, -0.05) is 26.8 Å². The fourth-order valence-corrected chi connectivity index (χ4v) is 0.272. The van der Waals surface area contributed by atoms with Crippen LogP contribution in [0, 0.1) is 11.8 Å². The summed E-state index contributed by atoms with van der Waals surface area (Å²) in [5.74, 6) is 1.41. The summed E-state index contributed by atoms with van der Waals surface area (Å²) < 4.78 is 18.3. The summed E-state index contributed by atoms with van der Waals surface area (Å²) in [5.41, 5.74) is 0. The van der Waals surface area contributed by atoms with E-state index in [1.165, 1.54) is 0 Å². The molecular formula is C7H14Cl2O2S. The summed E-state index contributed by atoms with van der Waals surface area (Å²) in [7, 11) is 4.81. The molecule has 0 radical (unpaired) electrons. The van der Waals surface area contributed by atoms with Crippen molar-refractivity contribution in [1.82, 2.24) is 0 Å². The van der Waals surface area contributed by atoms with Gasteiger partial charge in [0, 0.05) is 21.4 Å². The van der Waals surface area contributed by atoms with Crippen LogP contribution in [0.25, 0.3) is 0 Å². The van der Waals surface area contributed by atoms with Gasteiger partial charge in [0.1, 0.15) is 0 Å². The molecule has 0 saturated heterocycles. The van der Waals surface area contributed by atoms with E-state index < -0.39 is 8.26 Å². The first-order chi connectivity index (χ1) is 5.18. The Kier molecular flexibility index (Phi) is 8.31. The molecule has 5 heteroatoms. The van der Waals surface area contributed by atoms with Gasteiger partial charge < -0.3 is 0 Å². The zero-order valence-electron chi connectivity index (χ0n) is 7.42. The van der Waals surface area contributed by atoms with Crippen LogP contribution in [0.5, 0.6) is 0 Å². The van der Waals surface area contributed by atoms with E-state index in [9.17, 15) is 0 Å². The molecule has 0 heterocycles. The zero-order valence-corrected chi connectivity index (χ0v) is 9.75. The van der Waals surface area contributed by atoms with Crippen molar-refractivity contribution >= 4 is 29.6 Å². The monoisotopic (exact) mass is 232 g/mol. The summed E-state index contributed by atoms with van der Waals surface area (Å²) >= 11 is 0. The molecule has 1 atom stereocenters. The minimum Gasteiger partial charge on any atom is -0.195 e. The van der Waals surface area contributed by atoms with E-state index >= 15 is 0 Å². The molecule has 2 nitrogen and oxygen atoms in total. The van der Waals surface area contributed by atoms with Gasteiger partial charge in [-0.25, -0.2) is 0 Å². The van der Waals surface area contributed by atoms with Crippen LogP contribution < -0.4 is 0 Å². The van der Waals surface area contributed by atoms with Crippen LogP contribution in [0.1, 0.15) is 20.8 Å². The van der Waals surface area contributed by atoms with E-state index in [2.05, 4.69) is 48.7 Å². The maximum absolute atomic E-state index is 9.16. The summed E-state index contributed by atoms with van der Waals surface area (Å²) in [6, 6.07) is 0. The Morgan fingerprint density at radius 1 is 1.25 bits per heavy atom. The molecule has 0 bridgehead atoms. The van der Waals surface area contributed by atoms with Crippen LogP contribution in [0.2, 0.25) is 0 Å². The van der Waals surface area contributed by atoms with E-state index in [1.54, 1.807) is 0 Å². The van der Waals surface area contributed by atoms with Crippen molar-refractivity contribution < 1.29 is 8.42 Å². The Balaban J connectivity index is 0. The van der Waals surface area contributed by atoms with Crippen LogP contribution in [0.15, 0.2) is 12.7 Å². The molecule has 0 saturated carbocycles. The molecule has 0 aliphatic heterocycles. The molecule has 0 rings (SSSR count). The van der Waals surface area contributed by atoms with E-state index in [1.807, 2.05) is 6.08 Å². The fraction of sp³-hybridized carbons (Fsp3) is 0.714. The first-order valence-electron chi connectivity index (χ1n) is 3.45. The summed E-state index contributed by atoms with van der Waals surface area (Å²) in [6.45, 7) is 10.3. The largest absolute Gasteiger partial charge is 0.317 e. The van der Waals surface area contributed by atoms with E-state index in [0.29, 0.717) is 5.92 Å². The second-order valence-electron chi connectivity index (χ2n) is 2.72. The smallest absolute Gasteiger partial charge is 0.195 e. The number of rotatable bonds is 2. The van der Waals surface area contributed by atoms with Crippen molar-refractivity contribution in [2.75, 3.05) is 0 Å². The molecule has 12 heavy (non-hydrogen) atoms. The minimum atomic E-state index is -3.72. The number of hydrogen-bond donors (Lipinski definition) is 0. The summed E-state index contributed by atoms with van der Waals surface area (Å²) in [6.07, 6.45) is 1.99. The molecule has 74 valence electrons. The van der Waals surface area contributed by atoms with Crippen molar-refractivity contribution in [2.45, 2.75) is 20.8 Å². The maximum atomic E-state index is 9.16. The highest BCUT2D eigenvalue weighted by Gasteiger charge is 1.98. The molecule has 0 spiro atoms. The molecule has 0 amide bonds. The molecular weight excluding hydrogens is 219 g/mol. The second-order valence-corrected chi connectivity index (χ2v) is 6.39. The average Bonchev–Trinajstić information content (AvgIpc) is 1.82. The molecule has 0 aromatic carbocycles. The molecule has 0 N–H and O–H groups in total. The highest BCUT2D eigenvalue weighted by molar-refractivity contribution is 8.31. The van der Waals surface area contributed by atoms with Gasteiger partial charge in [-0.15, -0.1) is 6.58 Å². The Bertz CT molecular complexity index is 201. The first kappa shape index (κ1) is 14.8. The Hall–Kier alpha value is 0.270. The zero-order chi connectivity index (χ0) is 10.4. The van der Waals surface area contributed by atoms with Crippen molar-refractivity contribution in [3.63, 3.8) is 0 Å². The highest BCUT2D eigenvalue weighted by Crippen LogP contribution is 2.08. The lowest BCUT2D eigenvalue weighted by Gasteiger charge is -2.07. The third-order valence-electron chi connectivity index (χ3n) is 1.42. The predicted molar refractivity (Wildman–Crippen MR) is 54.8 cm³/mol. The van der Waals surface area contributed by atoms with Crippen LogP contribution in [-0.2, 0) is 8.26 Å². The number of allylic oxidation sites excluding steroid dienone is 1. The van der Waals surface area contributed by atoms with E-state index in [-0.39, 0.29) is 0 Å². The lowest BCUT2D eigenvalue weighted by molar-refractivity contribution is 0.505. The lowest BCUT2D eigenvalue weighted by atomic mass is 9.99. The van der Waals surface area contributed by atoms with E-state index in [0.717, 1.165) is 5.92 Å². The van der Waals surface area contributed by atoms with Gasteiger partial charge in [-0.2, -0.15) is 8.42 Å². The first-order valence-corrected chi connectivity index (χ1v) is 6.58. The molecule has 0 aromatic heterocycles. The fourth-order valence-electron chi connectivity index (χ4n) is 0.272. The molecule has 0 fully saturated rings. The van der Waals surface area contributed by atoms with Gasteiger partial charge in [-0.3, -0.25) is 0 Å². The topological polar surface area (TPSA) is 34.1 Å². The van der Waals surface area contributed by atoms with Gasteiger partial charge >= 0.3 is 8.26 Å². The number of halogens is 2. The second kappa shape index (κ2) is 6.75. The van der Waals surface area contributed by atoms with E-state index in [4.69, 9.17) is 8.42 Å². The van der Waals surface area contributed by atoms with Gasteiger partial charge in [0.2, 0.25) is 0 Å². The molecule has 0 aromatic rings. The summed E-state index contributed by atoms with van der Waals surface area (Å²) in [5, 5.41) is 0. The van der Waals surface area contributed by atoms with Crippen molar-refractivity contribution in [3.05, 3.63) is 12.7 Å². The van der Waals surface area contributed by atoms with Gasteiger partial charge in [0.25, 0.3) is 0 Å². The predicted octanol–water partition coefficient (Wildman–Crippen LogP) is 3.17. The van der Waals surface area contributed by atoms with Gasteiger partial charge in [0.15, 0.2) is 0 Å².